The third-order valence-corrected chi connectivity index (χ3v) is 12.9. The lowest BCUT2D eigenvalue weighted by Crippen LogP contribution is -2.40. The molecule has 62 heavy (non-hydrogen) atoms. The van der Waals surface area contributed by atoms with Gasteiger partial charge in [-0.3, -0.25) is 19.2 Å². The van der Waals surface area contributed by atoms with Crippen LogP contribution in [0.15, 0.2) is 84.9 Å². The maximum Gasteiger partial charge on any atom is 0.266 e. The average Bonchev–Trinajstić information content (AvgIpc) is 3.27. The number of carbonyl (C=O) groups is 4. The van der Waals surface area contributed by atoms with Gasteiger partial charge in [-0.15, -0.1) is 0 Å². The van der Waals surface area contributed by atoms with E-state index < -0.39 is 23.6 Å². The van der Waals surface area contributed by atoms with Crippen molar-refractivity contribution in [3.05, 3.63) is 118 Å². The number of nitrogens with zero attached hydrogens (tertiary/aromatic N) is 2. The molecule has 9 rings (SSSR count). The highest BCUT2D eigenvalue weighted by atomic mass is 16.5. The van der Waals surface area contributed by atoms with Gasteiger partial charge >= 0.3 is 0 Å². The number of unbranched alkanes of at least 4 members (excludes halogenated alkanes) is 3. The van der Waals surface area contributed by atoms with E-state index in [4.69, 9.17) is 9.47 Å². The number of imide groups is 2. The fraction of sp³-hybridized carbons (Fsp3) is 0.333. The first-order valence-corrected chi connectivity index (χ1v) is 22.5. The standard InChI is InChI=1S/C54H54N2O6/c1-7-10-12-14-34-17-21-36(22-18-34)56-52(58)40-26-23-37-38-24-25-39-46-42(53(59)55(51(39)57)35-19-15-32(6)16-20-35)28-44(62-30-33(9-3)13-11-8-2)50(48(38)46)49-43(61-29-31(4)5)27-41(54(56)60)45(40)47(37)49/h15-28,31,33H,7-14,29-30H2,1-6H3. The molecule has 0 aromatic heterocycles. The van der Waals surface area contributed by atoms with E-state index in [0.717, 1.165) is 78.5 Å². The van der Waals surface area contributed by atoms with Crippen molar-refractivity contribution >= 4 is 78.1 Å². The van der Waals surface area contributed by atoms with Crippen molar-refractivity contribution in [3.63, 3.8) is 0 Å². The van der Waals surface area contributed by atoms with E-state index in [0.29, 0.717) is 79.9 Å². The van der Waals surface area contributed by atoms with E-state index in [1.54, 1.807) is 24.3 Å². The van der Waals surface area contributed by atoms with Crippen LogP contribution in [-0.4, -0.2) is 36.8 Å². The van der Waals surface area contributed by atoms with Gasteiger partial charge in [0.15, 0.2) is 0 Å². The minimum atomic E-state index is -0.421. The Morgan fingerprint density at radius 3 is 1.48 bits per heavy atom. The minimum Gasteiger partial charge on any atom is -0.493 e. The van der Waals surface area contributed by atoms with Gasteiger partial charge in [-0.05, 0) is 103 Å². The summed E-state index contributed by atoms with van der Waals surface area (Å²) in [6, 6.07) is 26.3. The first kappa shape index (κ1) is 41.1. The summed E-state index contributed by atoms with van der Waals surface area (Å²) in [5.74, 6) is -0.212. The van der Waals surface area contributed by atoms with Gasteiger partial charge in [-0.2, -0.15) is 0 Å². The summed E-state index contributed by atoms with van der Waals surface area (Å²) in [5, 5.41) is 5.55. The number of fused-ring (bicyclic) bond motifs is 2. The van der Waals surface area contributed by atoms with Crippen LogP contribution in [0.4, 0.5) is 11.4 Å². The van der Waals surface area contributed by atoms with Crippen LogP contribution in [0.5, 0.6) is 11.5 Å². The van der Waals surface area contributed by atoms with Crippen molar-refractivity contribution in [2.45, 2.75) is 92.9 Å². The maximum atomic E-state index is 14.8. The highest BCUT2D eigenvalue weighted by Gasteiger charge is 2.40. The number of amides is 4. The molecule has 0 aliphatic carbocycles. The molecule has 0 fully saturated rings. The van der Waals surface area contributed by atoms with E-state index in [-0.39, 0.29) is 11.8 Å². The molecule has 7 aromatic rings. The first-order chi connectivity index (χ1) is 30.1. The SMILES string of the molecule is CCCCCc1ccc(N2C(=O)c3ccc4c5ccc6c7c(cc(OCC(CC)CCCC)c(c8c(OCC(C)C)cc(c3c48)C2=O)c75)C(=O)N(c2ccc(C)cc2)C6=O)cc1. The number of anilines is 2. The van der Waals surface area contributed by atoms with Crippen molar-refractivity contribution in [2.75, 3.05) is 23.0 Å². The summed E-state index contributed by atoms with van der Waals surface area (Å²) >= 11 is 0. The summed E-state index contributed by atoms with van der Waals surface area (Å²) in [7, 11) is 0. The highest BCUT2D eigenvalue weighted by Crippen LogP contribution is 2.52. The summed E-state index contributed by atoms with van der Waals surface area (Å²) < 4.78 is 13.7. The molecule has 316 valence electrons. The molecule has 1 unspecified atom stereocenters. The molecule has 2 aliphatic rings. The first-order valence-electron chi connectivity index (χ1n) is 22.5. The molecule has 0 spiro atoms. The molecule has 0 N–H and O–H groups in total. The number of ether oxygens (including phenoxy) is 2. The monoisotopic (exact) mass is 826 g/mol. The molecule has 1 atom stereocenters. The Hall–Kier alpha value is -6.28. The number of benzene rings is 7. The Balaban J connectivity index is 1.32. The van der Waals surface area contributed by atoms with Gasteiger partial charge in [-0.1, -0.05) is 109 Å². The fourth-order valence-electron chi connectivity index (χ4n) is 9.53. The van der Waals surface area contributed by atoms with Gasteiger partial charge in [-0.25, -0.2) is 9.80 Å². The Bertz CT molecular complexity index is 2910. The lowest BCUT2D eigenvalue weighted by atomic mass is 9.81. The van der Waals surface area contributed by atoms with Crippen molar-refractivity contribution in [1.82, 2.24) is 0 Å². The van der Waals surface area contributed by atoms with Gasteiger partial charge in [0.1, 0.15) is 11.5 Å². The summed E-state index contributed by atoms with van der Waals surface area (Å²) in [6.07, 6.45) is 8.38. The van der Waals surface area contributed by atoms with Gasteiger partial charge < -0.3 is 9.47 Å². The second kappa shape index (κ2) is 16.5. The highest BCUT2D eigenvalue weighted by molar-refractivity contribution is 6.46. The third kappa shape index (κ3) is 6.75. The summed E-state index contributed by atoms with van der Waals surface area (Å²) in [4.78, 5) is 61.4. The zero-order valence-corrected chi connectivity index (χ0v) is 36.7. The second-order valence-corrected chi connectivity index (χ2v) is 17.7. The number of aryl methyl sites for hydroxylation is 2. The molecular formula is C54H54N2O6. The van der Waals surface area contributed by atoms with Crippen LogP contribution in [0, 0.1) is 18.8 Å². The average molecular weight is 827 g/mol. The van der Waals surface area contributed by atoms with E-state index in [2.05, 4.69) is 34.6 Å². The van der Waals surface area contributed by atoms with Crippen LogP contribution in [0.2, 0.25) is 0 Å². The zero-order chi connectivity index (χ0) is 43.4. The van der Waals surface area contributed by atoms with E-state index >= 15 is 0 Å². The maximum absolute atomic E-state index is 14.8. The van der Waals surface area contributed by atoms with E-state index in [1.807, 2.05) is 67.6 Å². The van der Waals surface area contributed by atoms with Crippen LogP contribution in [0.3, 0.4) is 0 Å². The largest absolute Gasteiger partial charge is 0.493 e. The molecule has 2 aliphatic heterocycles. The molecule has 8 heteroatoms. The smallest absolute Gasteiger partial charge is 0.266 e. The molecule has 8 nitrogen and oxygen atoms in total. The van der Waals surface area contributed by atoms with Gasteiger partial charge in [0.2, 0.25) is 0 Å². The number of carbonyl (C=O) groups excluding carboxylic acids is 4. The Morgan fingerprint density at radius 2 is 1.00 bits per heavy atom. The lowest BCUT2D eigenvalue weighted by Gasteiger charge is -2.31. The van der Waals surface area contributed by atoms with Gasteiger partial charge in [0.05, 0.1) is 35.7 Å². The number of hydrogen-bond acceptors (Lipinski definition) is 6. The number of rotatable bonds is 16. The van der Waals surface area contributed by atoms with Gasteiger partial charge in [0.25, 0.3) is 23.6 Å². The Labute approximate surface area is 363 Å². The predicted octanol–water partition coefficient (Wildman–Crippen LogP) is 13.0. The van der Waals surface area contributed by atoms with Crippen LogP contribution < -0.4 is 19.3 Å². The Morgan fingerprint density at radius 1 is 0.516 bits per heavy atom. The van der Waals surface area contributed by atoms with Crippen molar-refractivity contribution in [1.29, 1.82) is 0 Å². The van der Waals surface area contributed by atoms with Crippen LogP contribution in [-0.2, 0) is 6.42 Å². The quantitative estimate of drug-likeness (QED) is 0.0417. The van der Waals surface area contributed by atoms with Gasteiger partial charge in [0, 0.05) is 43.4 Å². The van der Waals surface area contributed by atoms with E-state index in [9.17, 15) is 19.2 Å². The topological polar surface area (TPSA) is 93.2 Å². The van der Waals surface area contributed by atoms with Crippen molar-refractivity contribution in [3.8, 4) is 11.5 Å². The molecular weight excluding hydrogens is 773 g/mol. The molecule has 7 aromatic carbocycles. The Kier molecular flexibility index (Phi) is 11.0. The zero-order valence-electron chi connectivity index (χ0n) is 36.7. The minimum absolute atomic E-state index is 0.155. The second-order valence-electron chi connectivity index (χ2n) is 17.7. The van der Waals surface area contributed by atoms with Crippen LogP contribution in [0.1, 0.15) is 132 Å². The van der Waals surface area contributed by atoms with Crippen LogP contribution in [0.25, 0.3) is 43.1 Å². The predicted molar refractivity (Wildman–Crippen MR) is 250 cm³/mol. The lowest BCUT2D eigenvalue weighted by molar-refractivity contribution is 0.0877. The summed E-state index contributed by atoms with van der Waals surface area (Å²) in [6.45, 7) is 13.5. The molecule has 0 bridgehead atoms. The molecule has 0 saturated heterocycles. The molecule has 4 amide bonds. The normalized spacial score (nSPS) is 14.4. The van der Waals surface area contributed by atoms with Crippen molar-refractivity contribution in [2.24, 2.45) is 11.8 Å². The molecule has 0 saturated carbocycles. The third-order valence-electron chi connectivity index (χ3n) is 12.9. The molecule has 2 heterocycles. The van der Waals surface area contributed by atoms with Crippen LogP contribution >= 0.6 is 0 Å². The fourth-order valence-corrected chi connectivity index (χ4v) is 9.53. The van der Waals surface area contributed by atoms with Crippen molar-refractivity contribution < 1.29 is 28.7 Å². The van der Waals surface area contributed by atoms with E-state index in [1.165, 1.54) is 15.4 Å². The summed E-state index contributed by atoms with van der Waals surface area (Å²) in [5.41, 5.74) is 4.80. The molecule has 0 radical (unpaired) electrons. The number of hydrogen-bond donors (Lipinski definition) is 0.